The molecular weight excluding hydrogens is 258 g/mol. The van der Waals surface area contributed by atoms with Crippen LogP contribution in [0.15, 0.2) is 42.8 Å². The molecule has 0 saturated heterocycles. The molecule has 0 bridgehead atoms. The Balaban J connectivity index is 2.33. The van der Waals surface area contributed by atoms with E-state index in [2.05, 4.69) is 4.98 Å². The Bertz CT molecular complexity index is 562. The lowest BCUT2D eigenvalue weighted by molar-refractivity contribution is -0.157. The van der Waals surface area contributed by atoms with Crippen molar-refractivity contribution in [1.82, 2.24) is 4.98 Å². The van der Waals surface area contributed by atoms with E-state index in [1.165, 1.54) is 13.8 Å². The smallest absolute Gasteiger partial charge is 0.303 e. The highest BCUT2D eigenvalue weighted by atomic mass is 16.6. The number of pyridine rings is 1. The zero-order valence-electron chi connectivity index (χ0n) is 11.3. The maximum atomic E-state index is 11.3. The molecule has 0 aromatic carbocycles. The SMILES string of the molecule is CC(=O)O[C@H]1C=CC=C(c2cccnc2)[C@@H]1OC(C)=O. The topological polar surface area (TPSA) is 65.5 Å². The van der Waals surface area contributed by atoms with E-state index in [4.69, 9.17) is 9.47 Å². The van der Waals surface area contributed by atoms with Crippen LogP contribution in [0.25, 0.3) is 5.57 Å². The van der Waals surface area contributed by atoms with Crippen LogP contribution in [-0.2, 0) is 19.1 Å². The summed E-state index contributed by atoms with van der Waals surface area (Å²) in [5, 5.41) is 0. The van der Waals surface area contributed by atoms with Crippen molar-refractivity contribution in [1.29, 1.82) is 0 Å². The highest BCUT2D eigenvalue weighted by molar-refractivity contribution is 5.76. The van der Waals surface area contributed by atoms with Gasteiger partial charge in [-0.2, -0.15) is 0 Å². The van der Waals surface area contributed by atoms with Crippen LogP contribution in [0.1, 0.15) is 19.4 Å². The van der Waals surface area contributed by atoms with Crippen LogP contribution in [0.3, 0.4) is 0 Å². The normalized spacial score (nSPS) is 21.0. The van der Waals surface area contributed by atoms with Crippen LogP contribution < -0.4 is 0 Å². The standard InChI is InChI=1S/C15H15NO4/c1-10(17)19-14-7-3-6-13(15(14)20-11(2)18)12-5-4-8-16-9-12/h3-9,14-15H,1-2H3/t14-,15-/m0/s1. The van der Waals surface area contributed by atoms with E-state index >= 15 is 0 Å². The molecule has 0 saturated carbocycles. The second-order valence-corrected chi connectivity index (χ2v) is 4.35. The summed E-state index contributed by atoms with van der Waals surface area (Å²) in [6.45, 7) is 2.64. The molecule has 1 aromatic heterocycles. The third-order valence-corrected chi connectivity index (χ3v) is 2.77. The van der Waals surface area contributed by atoms with Crippen molar-refractivity contribution < 1.29 is 19.1 Å². The Labute approximate surface area is 116 Å². The number of aromatic nitrogens is 1. The minimum absolute atomic E-state index is 0.427. The Kier molecular flexibility index (Phi) is 4.30. The van der Waals surface area contributed by atoms with Crippen molar-refractivity contribution in [3.05, 3.63) is 48.3 Å². The number of ether oxygens (including phenoxy) is 2. The first-order valence-electron chi connectivity index (χ1n) is 6.21. The van der Waals surface area contributed by atoms with E-state index in [0.717, 1.165) is 11.1 Å². The molecule has 0 amide bonds. The summed E-state index contributed by atoms with van der Waals surface area (Å²) in [5.41, 5.74) is 1.57. The van der Waals surface area contributed by atoms with Gasteiger partial charge in [-0.25, -0.2) is 0 Å². The zero-order valence-corrected chi connectivity index (χ0v) is 11.3. The van der Waals surface area contributed by atoms with Gasteiger partial charge in [0.1, 0.15) is 0 Å². The van der Waals surface area contributed by atoms with Crippen LogP contribution in [0.2, 0.25) is 0 Å². The van der Waals surface area contributed by atoms with E-state index < -0.39 is 24.1 Å². The summed E-state index contributed by atoms with van der Waals surface area (Å²) < 4.78 is 10.5. The monoisotopic (exact) mass is 273 g/mol. The van der Waals surface area contributed by atoms with Crippen LogP contribution >= 0.6 is 0 Å². The summed E-state index contributed by atoms with van der Waals surface area (Å²) in [6.07, 6.45) is 7.33. The molecule has 0 fully saturated rings. The molecule has 0 N–H and O–H groups in total. The van der Waals surface area contributed by atoms with E-state index in [1.807, 2.05) is 12.1 Å². The molecule has 104 valence electrons. The number of carbonyl (C=O) groups is 2. The van der Waals surface area contributed by atoms with Crippen molar-refractivity contribution >= 4 is 17.5 Å². The van der Waals surface area contributed by atoms with Gasteiger partial charge in [0.05, 0.1) is 0 Å². The number of nitrogens with zero attached hydrogens (tertiary/aromatic N) is 1. The van der Waals surface area contributed by atoms with Crippen molar-refractivity contribution in [3.63, 3.8) is 0 Å². The van der Waals surface area contributed by atoms with Gasteiger partial charge in [-0.3, -0.25) is 14.6 Å². The fourth-order valence-corrected chi connectivity index (χ4v) is 2.04. The average molecular weight is 273 g/mol. The second-order valence-electron chi connectivity index (χ2n) is 4.35. The lowest BCUT2D eigenvalue weighted by atomic mass is 9.93. The molecule has 20 heavy (non-hydrogen) atoms. The first-order chi connectivity index (χ1) is 9.58. The third kappa shape index (κ3) is 3.32. The lowest BCUT2D eigenvalue weighted by Crippen LogP contribution is -2.35. The van der Waals surface area contributed by atoms with Gasteiger partial charge >= 0.3 is 11.9 Å². The Hall–Kier alpha value is -2.43. The van der Waals surface area contributed by atoms with E-state index in [0.29, 0.717) is 0 Å². The number of allylic oxidation sites excluding steroid dienone is 2. The second kappa shape index (κ2) is 6.14. The van der Waals surface area contributed by atoms with Gasteiger partial charge in [-0.05, 0) is 17.7 Å². The summed E-state index contributed by atoms with van der Waals surface area (Å²) in [6, 6.07) is 3.65. The van der Waals surface area contributed by atoms with E-state index in [1.54, 1.807) is 30.6 Å². The molecule has 0 radical (unpaired) electrons. The fraction of sp³-hybridized carbons (Fsp3) is 0.267. The van der Waals surface area contributed by atoms with E-state index in [9.17, 15) is 9.59 Å². The molecule has 2 rings (SSSR count). The summed E-state index contributed by atoms with van der Waals surface area (Å²) in [7, 11) is 0. The third-order valence-electron chi connectivity index (χ3n) is 2.77. The van der Waals surface area contributed by atoms with Gasteiger partial charge in [0.2, 0.25) is 0 Å². The summed E-state index contributed by atoms with van der Waals surface area (Å²) >= 11 is 0. The molecule has 0 aliphatic heterocycles. The number of rotatable bonds is 3. The molecule has 1 aliphatic carbocycles. The van der Waals surface area contributed by atoms with Crippen LogP contribution in [0, 0.1) is 0 Å². The lowest BCUT2D eigenvalue weighted by Gasteiger charge is -2.28. The molecule has 1 aromatic rings. The first kappa shape index (κ1) is 14.0. The van der Waals surface area contributed by atoms with Crippen molar-refractivity contribution in [3.8, 4) is 0 Å². The quantitative estimate of drug-likeness (QED) is 0.787. The van der Waals surface area contributed by atoms with Crippen LogP contribution in [-0.4, -0.2) is 29.1 Å². The predicted molar refractivity (Wildman–Crippen MR) is 72.5 cm³/mol. The van der Waals surface area contributed by atoms with Crippen LogP contribution in [0.5, 0.6) is 0 Å². The average Bonchev–Trinajstić information content (AvgIpc) is 2.40. The van der Waals surface area contributed by atoms with Crippen molar-refractivity contribution in [2.45, 2.75) is 26.1 Å². The fourth-order valence-electron chi connectivity index (χ4n) is 2.04. The Morgan fingerprint density at radius 3 is 2.55 bits per heavy atom. The van der Waals surface area contributed by atoms with Gasteiger partial charge in [0.15, 0.2) is 12.2 Å². The van der Waals surface area contributed by atoms with E-state index in [-0.39, 0.29) is 0 Å². The molecule has 1 aliphatic rings. The number of hydrogen-bond acceptors (Lipinski definition) is 5. The van der Waals surface area contributed by atoms with Gasteiger partial charge in [0.25, 0.3) is 0 Å². The van der Waals surface area contributed by atoms with Gasteiger partial charge in [-0.15, -0.1) is 0 Å². The van der Waals surface area contributed by atoms with Crippen molar-refractivity contribution in [2.75, 3.05) is 0 Å². The van der Waals surface area contributed by atoms with Gasteiger partial charge < -0.3 is 9.47 Å². The van der Waals surface area contributed by atoms with Gasteiger partial charge in [-0.1, -0.05) is 18.2 Å². The first-order valence-corrected chi connectivity index (χ1v) is 6.21. The van der Waals surface area contributed by atoms with Crippen LogP contribution in [0.4, 0.5) is 0 Å². The molecule has 2 atom stereocenters. The molecule has 5 heteroatoms. The van der Waals surface area contributed by atoms with Crippen molar-refractivity contribution in [2.24, 2.45) is 0 Å². The molecular formula is C15H15NO4. The predicted octanol–water partition coefficient (Wildman–Crippen LogP) is 1.90. The number of esters is 2. The summed E-state index contributed by atoms with van der Waals surface area (Å²) in [5.74, 6) is -0.860. The van der Waals surface area contributed by atoms with Gasteiger partial charge in [0, 0.05) is 31.8 Å². The molecule has 5 nitrogen and oxygen atoms in total. The highest BCUT2D eigenvalue weighted by Crippen LogP contribution is 2.28. The minimum atomic E-state index is -0.661. The number of carbonyl (C=O) groups excluding carboxylic acids is 2. The molecule has 0 spiro atoms. The molecule has 1 heterocycles. The molecule has 0 unspecified atom stereocenters. The minimum Gasteiger partial charge on any atom is -0.454 e. The Morgan fingerprint density at radius 2 is 1.95 bits per heavy atom. The maximum absolute atomic E-state index is 11.3. The Morgan fingerprint density at radius 1 is 1.20 bits per heavy atom. The number of hydrogen-bond donors (Lipinski definition) is 0. The highest BCUT2D eigenvalue weighted by Gasteiger charge is 2.31. The zero-order chi connectivity index (χ0) is 14.5. The maximum Gasteiger partial charge on any atom is 0.303 e. The summed E-state index contributed by atoms with van der Waals surface area (Å²) in [4.78, 5) is 26.5. The largest absolute Gasteiger partial charge is 0.454 e.